The third kappa shape index (κ3) is 6.19. The number of hydrogen-bond donors (Lipinski definition) is 2. The van der Waals surface area contributed by atoms with Crippen LogP contribution in [0.5, 0.6) is 0 Å². The molecule has 0 spiro atoms. The number of rotatable bonds is 10. The fraction of sp³-hybridized carbons (Fsp3) is 0.195. The molecule has 0 bridgehead atoms. The van der Waals surface area contributed by atoms with E-state index in [1.165, 1.54) is 0 Å². The average molecular weight is 639 g/mol. The predicted octanol–water partition coefficient (Wildman–Crippen LogP) is 7.44. The van der Waals surface area contributed by atoms with Crippen LogP contribution < -0.4 is 10.6 Å². The first-order chi connectivity index (χ1) is 23.3. The van der Waals surface area contributed by atoms with Crippen molar-refractivity contribution in [3.8, 4) is 11.1 Å². The van der Waals surface area contributed by atoms with E-state index in [0.29, 0.717) is 22.3 Å². The highest BCUT2D eigenvalue weighted by atomic mass is 16.6. The summed E-state index contributed by atoms with van der Waals surface area (Å²) in [5, 5.41) is 5.45. The molecule has 0 aromatic heterocycles. The van der Waals surface area contributed by atoms with Gasteiger partial charge in [0, 0.05) is 35.2 Å². The molecule has 1 aliphatic carbocycles. The number of carbonyl (C=O) groups excluding carboxylic acids is 3. The SMILES string of the molecule is CNC(=O)c1ccc(C(OC(=O)[C@@H](NC(=O)OCC2c3ccccc3-c3ccccc32)C(C)C)(c2ccccc2)c2ccccc2)cc1. The number of alkyl carbamates (subject to hydrolysis) is 1. The van der Waals surface area contributed by atoms with Crippen molar-refractivity contribution in [2.24, 2.45) is 5.92 Å². The van der Waals surface area contributed by atoms with Crippen LogP contribution in [-0.2, 0) is 19.9 Å². The number of benzene rings is 5. The highest BCUT2D eigenvalue weighted by molar-refractivity contribution is 5.94. The molecule has 7 nitrogen and oxygen atoms in total. The molecule has 0 saturated heterocycles. The number of carbonyl (C=O) groups is 3. The van der Waals surface area contributed by atoms with Crippen LogP contribution in [0.3, 0.4) is 0 Å². The second kappa shape index (κ2) is 14.0. The van der Waals surface area contributed by atoms with Crippen molar-refractivity contribution in [2.45, 2.75) is 31.4 Å². The molecular formula is C41H38N2O5. The van der Waals surface area contributed by atoms with Gasteiger partial charge in [0.25, 0.3) is 5.91 Å². The summed E-state index contributed by atoms with van der Waals surface area (Å²) >= 11 is 0. The van der Waals surface area contributed by atoms with E-state index in [1.807, 2.05) is 98.8 Å². The van der Waals surface area contributed by atoms with Crippen LogP contribution in [0.1, 0.15) is 57.9 Å². The Morgan fingerprint density at radius 2 is 1.15 bits per heavy atom. The molecule has 0 radical (unpaired) electrons. The molecule has 0 fully saturated rings. The maximum absolute atomic E-state index is 14.3. The Kier molecular flexibility index (Phi) is 9.39. The van der Waals surface area contributed by atoms with Gasteiger partial charge in [-0.3, -0.25) is 4.79 Å². The quantitative estimate of drug-likeness (QED) is 0.123. The highest BCUT2D eigenvalue weighted by Crippen LogP contribution is 2.45. The van der Waals surface area contributed by atoms with Crippen molar-refractivity contribution in [3.05, 3.63) is 167 Å². The summed E-state index contributed by atoms with van der Waals surface area (Å²) in [4.78, 5) is 40.0. The second-order valence-corrected chi connectivity index (χ2v) is 12.2. The van der Waals surface area contributed by atoms with Crippen molar-refractivity contribution in [3.63, 3.8) is 0 Å². The number of nitrogens with one attached hydrogen (secondary N) is 2. The fourth-order valence-electron chi connectivity index (χ4n) is 6.50. The van der Waals surface area contributed by atoms with E-state index in [0.717, 1.165) is 22.3 Å². The molecule has 6 rings (SSSR count). The molecule has 48 heavy (non-hydrogen) atoms. The minimum atomic E-state index is -1.39. The van der Waals surface area contributed by atoms with E-state index in [2.05, 4.69) is 34.9 Å². The van der Waals surface area contributed by atoms with Crippen molar-refractivity contribution < 1.29 is 23.9 Å². The number of hydrogen-bond acceptors (Lipinski definition) is 5. The summed E-state index contributed by atoms with van der Waals surface area (Å²) in [7, 11) is 1.58. The lowest BCUT2D eigenvalue weighted by Gasteiger charge is -2.37. The van der Waals surface area contributed by atoms with Crippen molar-refractivity contribution in [1.82, 2.24) is 10.6 Å². The summed E-state index contributed by atoms with van der Waals surface area (Å²) in [6, 6.07) is 41.2. The fourth-order valence-corrected chi connectivity index (χ4v) is 6.50. The largest absolute Gasteiger partial charge is 0.449 e. The molecule has 5 aromatic rings. The van der Waals surface area contributed by atoms with E-state index >= 15 is 0 Å². The minimum absolute atomic E-state index is 0.117. The van der Waals surface area contributed by atoms with Crippen LogP contribution in [0, 0.1) is 5.92 Å². The monoisotopic (exact) mass is 638 g/mol. The van der Waals surface area contributed by atoms with Crippen molar-refractivity contribution >= 4 is 18.0 Å². The number of fused-ring (bicyclic) bond motifs is 3. The normalized spacial score (nSPS) is 12.8. The molecule has 7 heteroatoms. The van der Waals surface area contributed by atoms with E-state index in [-0.39, 0.29) is 24.3 Å². The summed E-state index contributed by atoms with van der Waals surface area (Å²) in [6.07, 6.45) is -0.701. The third-order valence-electron chi connectivity index (χ3n) is 8.93. The number of ether oxygens (including phenoxy) is 2. The van der Waals surface area contributed by atoms with E-state index in [1.54, 1.807) is 31.3 Å². The molecule has 0 saturated carbocycles. The molecule has 1 atom stereocenters. The van der Waals surface area contributed by atoms with Crippen LogP contribution >= 0.6 is 0 Å². The van der Waals surface area contributed by atoms with Gasteiger partial charge in [-0.15, -0.1) is 0 Å². The zero-order chi connectivity index (χ0) is 33.7. The first kappa shape index (κ1) is 32.3. The standard InChI is InChI=1S/C41H38N2O5/c1-27(2)37(43-40(46)47-26-36-34-20-12-10-18-32(34)33-19-11-13-21-35(33)36)39(45)48-41(29-14-6-4-7-15-29,30-16-8-5-9-17-30)31-24-22-28(23-25-31)38(44)42-3/h4-25,27,36-37H,26H2,1-3H3,(H,42,44)(H,43,46)/t37-/m0/s1. The smallest absolute Gasteiger partial charge is 0.407 e. The van der Waals surface area contributed by atoms with E-state index < -0.39 is 23.7 Å². The number of amides is 2. The van der Waals surface area contributed by atoms with E-state index in [9.17, 15) is 14.4 Å². The lowest BCUT2D eigenvalue weighted by Crippen LogP contribution is -2.49. The van der Waals surface area contributed by atoms with Gasteiger partial charge < -0.3 is 20.1 Å². The topological polar surface area (TPSA) is 93.7 Å². The van der Waals surface area contributed by atoms with Gasteiger partial charge in [-0.25, -0.2) is 9.59 Å². The molecule has 0 aliphatic heterocycles. The summed E-state index contributed by atoms with van der Waals surface area (Å²) in [6.45, 7) is 3.82. The van der Waals surface area contributed by atoms with Gasteiger partial charge in [-0.2, -0.15) is 0 Å². The highest BCUT2D eigenvalue weighted by Gasteiger charge is 2.43. The van der Waals surface area contributed by atoms with Gasteiger partial charge in [-0.05, 0) is 40.3 Å². The Labute approximate surface area is 280 Å². The summed E-state index contributed by atoms with van der Waals surface area (Å²) in [5.74, 6) is -1.29. The Morgan fingerprint density at radius 3 is 1.65 bits per heavy atom. The lowest BCUT2D eigenvalue weighted by molar-refractivity contribution is -0.157. The van der Waals surface area contributed by atoms with Gasteiger partial charge >= 0.3 is 12.1 Å². The maximum atomic E-state index is 14.3. The molecule has 0 heterocycles. The second-order valence-electron chi connectivity index (χ2n) is 12.2. The molecular weight excluding hydrogens is 600 g/mol. The lowest BCUT2D eigenvalue weighted by atomic mass is 9.79. The Balaban J connectivity index is 1.29. The molecule has 2 amide bonds. The van der Waals surface area contributed by atoms with E-state index in [4.69, 9.17) is 9.47 Å². The Morgan fingerprint density at radius 1 is 0.667 bits per heavy atom. The van der Waals surface area contributed by atoms with Crippen LogP contribution in [0.2, 0.25) is 0 Å². The summed E-state index contributed by atoms with van der Waals surface area (Å²) < 4.78 is 12.4. The van der Waals surface area contributed by atoms with Gasteiger partial charge in [-0.1, -0.05) is 135 Å². The van der Waals surface area contributed by atoms with Crippen LogP contribution in [-0.4, -0.2) is 37.7 Å². The van der Waals surface area contributed by atoms with Gasteiger partial charge in [0.2, 0.25) is 0 Å². The van der Waals surface area contributed by atoms with Crippen LogP contribution in [0.15, 0.2) is 133 Å². The number of esters is 1. The zero-order valence-electron chi connectivity index (χ0n) is 27.2. The molecule has 2 N–H and O–H groups in total. The maximum Gasteiger partial charge on any atom is 0.407 e. The zero-order valence-corrected chi connectivity index (χ0v) is 27.2. The van der Waals surface area contributed by atoms with Gasteiger partial charge in [0.15, 0.2) is 5.60 Å². The molecule has 1 aliphatic rings. The van der Waals surface area contributed by atoms with Gasteiger partial charge in [0.1, 0.15) is 12.6 Å². The molecule has 242 valence electrons. The van der Waals surface area contributed by atoms with Gasteiger partial charge in [0.05, 0.1) is 0 Å². The predicted molar refractivity (Wildman–Crippen MR) is 186 cm³/mol. The Hall–Kier alpha value is -5.69. The first-order valence-electron chi connectivity index (χ1n) is 16.1. The first-order valence-corrected chi connectivity index (χ1v) is 16.1. The van der Waals surface area contributed by atoms with Crippen LogP contribution in [0.4, 0.5) is 4.79 Å². The van der Waals surface area contributed by atoms with Crippen molar-refractivity contribution in [1.29, 1.82) is 0 Å². The summed E-state index contributed by atoms with van der Waals surface area (Å²) in [5.41, 5.74) is 5.61. The molecule has 0 unspecified atom stereocenters. The van der Waals surface area contributed by atoms with Crippen LogP contribution in [0.25, 0.3) is 11.1 Å². The minimum Gasteiger partial charge on any atom is -0.449 e. The average Bonchev–Trinajstić information content (AvgIpc) is 3.45. The third-order valence-corrected chi connectivity index (χ3v) is 8.93. The Bertz CT molecular complexity index is 1820. The molecule has 5 aromatic carbocycles. The van der Waals surface area contributed by atoms with Crippen molar-refractivity contribution in [2.75, 3.05) is 13.7 Å².